The summed E-state index contributed by atoms with van der Waals surface area (Å²) in [5.74, 6) is 2.60. The molecule has 154 valence electrons. The standard InChI is InChI=1S/C21H32N4O3/c1-14(2)20-23-21(28-24-20)25-10-8-16(9-11-25)5-4-12-27-17-6-7-18(19(22)26)15(3)13-17/h6-7,13-14,16,19,26H,4-5,8-12,22H2,1-3H3. The topological polar surface area (TPSA) is 97.6 Å². The molecule has 1 aromatic carbocycles. The number of anilines is 1. The van der Waals surface area contributed by atoms with Crippen molar-refractivity contribution < 1.29 is 14.4 Å². The second-order valence-corrected chi connectivity index (χ2v) is 7.97. The molecule has 1 atom stereocenters. The maximum absolute atomic E-state index is 9.49. The molecule has 2 aromatic rings. The summed E-state index contributed by atoms with van der Waals surface area (Å²) in [5, 5.41) is 13.5. The summed E-state index contributed by atoms with van der Waals surface area (Å²) in [6.07, 6.45) is 3.53. The van der Waals surface area contributed by atoms with Crippen LogP contribution in [0, 0.1) is 12.8 Å². The van der Waals surface area contributed by atoms with E-state index in [-0.39, 0.29) is 5.92 Å². The quantitative estimate of drug-likeness (QED) is 0.527. The Kier molecular flexibility index (Phi) is 6.91. The van der Waals surface area contributed by atoms with Crippen molar-refractivity contribution in [3.8, 4) is 5.75 Å². The Balaban J connectivity index is 1.37. The zero-order valence-electron chi connectivity index (χ0n) is 17.1. The molecule has 1 fully saturated rings. The molecule has 7 nitrogen and oxygen atoms in total. The third kappa shape index (κ3) is 5.23. The number of benzene rings is 1. The van der Waals surface area contributed by atoms with Crippen LogP contribution in [0.5, 0.6) is 5.75 Å². The largest absolute Gasteiger partial charge is 0.494 e. The van der Waals surface area contributed by atoms with Crippen molar-refractivity contribution in [1.82, 2.24) is 10.1 Å². The lowest BCUT2D eigenvalue weighted by Gasteiger charge is -2.30. The van der Waals surface area contributed by atoms with Gasteiger partial charge in [0.25, 0.3) is 0 Å². The van der Waals surface area contributed by atoms with Crippen LogP contribution in [0.2, 0.25) is 0 Å². The first kappa shape index (κ1) is 20.6. The number of rotatable bonds is 8. The van der Waals surface area contributed by atoms with Gasteiger partial charge in [0.1, 0.15) is 12.0 Å². The van der Waals surface area contributed by atoms with Crippen LogP contribution >= 0.6 is 0 Å². The number of piperidine rings is 1. The number of nitrogens with zero attached hydrogens (tertiary/aromatic N) is 3. The predicted molar refractivity (Wildman–Crippen MR) is 108 cm³/mol. The lowest BCUT2D eigenvalue weighted by molar-refractivity contribution is 0.185. The average Bonchev–Trinajstić information content (AvgIpc) is 3.16. The molecule has 1 aromatic heterocycles. The van der Waals surface area contributed by atoms with Crippen LogP contribution in [0.3, 0.4) is 0 Å². The van der Waals surface area contributed by atoms with Crippen molar-refractivity contribution in [2.24, 2.45) is 11.7 Å². The van der Waals surface area contributed by atoms with Gasteiger partial charge in [0.05, 0.1) is 6.61 Å². The lowest BCUT2D eigenvalue weighted by atomic mass is 9.92. The molecule has 0 bridgehead atoms. The molecular formula is C21H32N4O3. The van der Waals surface area contributed by atoms with Gasteiger partial charge in [-0.15, -0.1) is 0 Å². The zero-order valence-corrected chi connectivity index (χ0v) is 17.1. The fraction of sp³-hybridized carbons (Fsp3) is 0.619. The second kappa shape index (κ2) is 9.39. The number of aromatic nitrogens is 2. The summed E-state index contributed by atoms with van der Waals surface area (Å²) in [7, 11) is 0. The van der Waals surface area contributed by atoms with E-state index in [0.29, 0.717) is 18.5 Å². The van der Waals surface area contributed by atoms with Gasteiger partial charge in [-0.1, -0.05) is 25.1 Å². The maximum Gasteiger partial charge on any atom is 0.324 e. The van der Waals surface area contributed by atoms with Crippen LogP contribution < -0.4 is 15.4 Å². The van der Waals surface area contributed by atoms with E-state index in [1.165, 1.54) is 0 Å². The molecule has 0 spiro atoms. The molecule has 1 unspecified atom stereocenters. The van der Waals surface area contributed by atoms with Gasteiger partial charge in [-0.25, -0.2) is 0 Å². The average molecular weight is 389 g/mol. The summed E-state index contributed by atoms with van der Waals surface area (Å²) in [4.78, 5) is 6.69. The van der Waals surface area contributed by atoms with Gasteiger partial charge < -0.3 is 25.0 Å². The molecule has 1 saturated heterocycles. The van der Waals surface area contributed by atoms with Crippen LogP contribution in [-0.2, 0) is 0 Å². The minimum absolute atomic E-state index is 0.287. The smallest absolute Gasteiger partial charge is 0.324 e. The van der Waals surface area contributed by atoms with Gasteiger partial charge in [0.2, 0.25) is 0 Å². The summed E-state index contributed by atoms with van der Waals surface area (Å²) >= 11 is 0. The van der Waals surface area contributed by atoms with Crippen LogP contribution in [0.25, 0.3) is 0 Å². The number of nitrogens with two attached hydrogens (primary N) is 1. The van der Waals surface area contributed by atoms with Crippen LogP contribution in [-0.4, -0.2) is 34.9 Å². The van der Waals surface area contributed by atoms with Crippen molar-refractivity contribution in [3.05, 3.63) is 35.2 Å². The Hall–Kier alpha value is -2.12. The van der Waals surface area contributed by atoms with Crippen LogP contribution in [0.4, 0.5) is 6.01 Å². The molecule has 2 heterocycles. The van der Waals surface area contributed by atoms with Gasteiger partial charge in [-0.3, -0.25) is 0 Å². The molecule has 3 N–H and O–H groups in total. The van der Waals surface area contributed by atoms with Gasteiger partial charge in [-0.2, -0.15) is 4.98 Å². The number of aryl methyl sites for hydroxylation is 1. The van der Waals surface area contributed by atoms with Crippen molar-refractivity contribution in [2.45, 2.75) is 58.6 Å². The Morgan fingerprint density at radius 1 is 1.32 bits per heavy atom. The number of aliphatic hydroxyl groups excluding tert-OH is 1. The molecule has 3 rings (SSSR count). The summed E-state index contributed by atoms with van der Waals surface area (Å²) in [6, 6.07) is 6.28. The van der Waals surface area contributed by atoms with Gasteiger partial charge >= 0.3 is 6.01 Å². The number of hydrogen-bond donors (Lipinski definition) is 2. The van der Waals surface area contributed by atoms with Crippen molar-refractivity contribution >= 4 is 6.01 Å². The molecule has 0 amide bonds. The van der Waals surface area contributed by atoms with E-state index in [9.17, 15) is 5.11 Å². The third-order valence-electron chi connectivity index (χ3n) is 5.42. The molecule has 28 heavy (non-hydrogen) atoms. The lowest BCUT2D eigenvalue weighted by Crippen LogP contribution is -2.34. The maximum atomic E-state index is 9.49. The second-order valence-electron chi connectivity index (χ2n) is 7.97. The fourth-order valence-corrected chi connectivity index (χ4v) is 3.63. The molecule has 1 aliphatic heterocycles. The molecule has 1 aliphatic rings. The highest BCUT2D eigenvalue weighted by atomic mass is 16.5. The number of aliphatic hydroxyl groups is 1. The monoisotopic (exact) mass is 388 g/mol. The fourth-order valence-electron chi connectivity index (χ4n) is 3.63. The summed E-state index contributed by atoms with van der Waals surface area (Å²) in [6.45, 7) is 8.70. The van der Waals surface area contributed by atoms with E-state index in [2.05, 4.69) is 28.9 Å². The first-order chi connectivity index (χ1) is 13.4. The normalized spacial score (nSPS) is 16.6. The van der Waals surface area contributed by atoms with E-state index in [1.54, 1.807) is 0 Å². The van der Waals surface area contributed by atoms with Gasteiger partial charge in [0.15, 0.2) is 5.82 Å². The molecule has 0 radical (unpaired) electrons. The van der Waals surface area contributed by atoms with Gasteiger partial charge in [0, 0.05) is 19.0 Å². The van der Waals surface area contributed by atoms with E-state index in [0.717, 1.165) is 61.5 Å². The number of hydrogen-bond acceptors (Lipinski definition) is 7. The Morgan fingerprint density at radius 3 is 2.68 bits per heavy atom. The SMILES string of the molecule is Cc1cc(OCCCC2CCN(c3nc(C(C)C)no3)CC2)ccc1C(N)O. The molecule has 0 aliphatic carbocycles. The van der Waals surface area contributed by atoms with E-state index >= 15 is 0 Å². The van der Waals surface area contributed by atoms with Crippen molar-refractivity contribution in [2.75, 3.05) is 24.6 Å². The first-order valence-electron chi connectivity index (χ1n) is 10.2. The Bertz CT molecular complexity index is 752. The van der Waals surface area contributed by atoms with Crippen molar-refractivity contribution in [3.63, 3.8) is 0 Å². The zero-order chi connectivity index (χ0) is 20.1. The van der Waals surface area contributed by atoms with E-state index in [4.69, 9.17) is 15.0 Å². The van der Waals surface area contributed by atoms with E-state index < -0.39 is 6.23 Å². The minimum Gasteiger partial charge on any atom is -0.494 e. The van der Waals surface area contributed by atoms with E-state index in [1.807, 2.05) is 25.1 Å². The number of ether oxygens (including phenoxy) is 1. The van der Waals surface area contributed by atoms with Gasteiger partial charge in [-0.05, 0) is 61.8 Å². The Labute approximate surface area is 166 Å². The summed E-state index contributed by atoms with van der Waals surface area (Å²) in [5.41, 5.74) is 7.21. The molecular weight excluding hydrogens is 356 g/mol. The highest BCUT2D eigenvalue weighted by molar-refractivity contribution is 5.35. The molecule has 7 heteroatoms. The third-order valence-corrected chi connectivity index (χ3v) is 5.42. The highest BCUT2D eigenvalue weighted by Crippen LogP contribution is 2.26. The minimum atomic E-state index is -0.941. The molecule has 0 saturated carbocycles. The highest BCUT2D eigenvalue weighted by Gasteiger charge is 2.23. The predicted octanol–water partition coefficient (Wildman–Crippen LogP) is 3.53. The first-order valence-corrected chi connectivity index (χ1v) is 10.2. The van der Waals surface area contributed by atoms with Crippen LogP contribution in [0.15, 0.2) is 22.7 Å². The van der Waals surface area contributed by atoms with Crippen LogP contribution in [0.1, 0.15) is 68.6 Å². The van der Waals surface area contributed by atoms with Crippen molar-refractivity contribution in [1.29, 1.82) is 0 Å². The Morgan fingerprint density at radius 2 is 2.07 bits per heavy atom. The summed E-state index contributed by atoms with van der Waals surface area (Å²) < 4.78 is 11.3.